The molecule has 3 atom stereocenters. The third-order valence-corrected chi connectivity index (χ3v) is 4.81. The van der Waals surface area contributed by atoms with Crippen molar-refractivity contribution in [2.24, 2.45) is 0 Å². The Kier molecular flexibility index (Phi) is 3.66. The van der Waals surface area contributed by atoms with Gasteiger partial charge in [-0.3, -0.25) is 4.90 Å². The van der Waals surface area contributed by atoms with E-state index < -0.39 is 0 Å². The van der Waals surface area contributed by atoms with Gasteiger partial charge >= 0.3 is 0 Å². The van der Waals surface area contributed by atoms with Crippen molar-refractivity contribution in [1.29, 1.82) is 0 Å². The summed E-state index contributed by atoms with van der Waals surface area (Å²) >= 11 is 1.73. The van der Waals surface area contributed by atoms with Gasteiger partial charge in [0.15, 0.2) is 0 Å². The average molecular weight is 268 g/mol. The highest BCUT2D eigenvalue weighted by molar-refractivity contribution is 7.09. The summed E-state index contributed by atoms with van der Waals surface area (Å²) < 4.78 is 11.4. The molecule has 0 aromatic carbocycles. The van der Waals surface area contributed by atoms with Crippen LogP contribution < -0.4 is 0 Å². The van der Waals surface area contributed by atoms with Crippen molar-refractivity contribution < 1.29 is 9.47 Å². The minimum Gasteiger partial charge on any atom is -0.379 e. The molecule has 2 aliphatic rings. The number of hydrogen-bond donors (Lipinski definition) is 0. The smallest absolute Gasteiger partial charge is 0.0991 e. The monoisotopic (exact) mass is 268 g/mol. The first kappa shape index (κ1) is 12.5. The molecule has 18 heavy (non-hydrogen) atoms. The second kappa shape index (κ2) is 5.25. The van der Waals surface area contributed by atoms with Crippen LogP contribution in [0.2, 0.25) is 0 Å². The quantitative estimate of drug-likeness (QED) is 0.837. The molecule has 2 fully saturated rings. The maximum Gasteiger partial charge on any atom is 0.0991 e. The van der Waals surface area contributed by atoms with Gasteiger partial charge < -0.3 is 9.47 Å². The van der Waals surface area contributed by atoms with Crippen LogP contribution in [0, 0.1) is 6.92 Å². The molecule has 3 rings (SSSR count). The van der Waals surface area contributed by atoms with Gasteiger partial charge in [0.05, 0.1) is 29.5 Å². The molecule has 0 spiro atoms. The molecule has 1 saturated carbocycles. The molecule has 2 heterocycles. The molecule has 0 N–H and O–H groups in total. The Balaban J connectivity index is 1.69. The lowest BCUT2D eigenvalue weighted by atomic mass is 10.1. The predicted molar refractivity (Wildman–Crippen MR) is 70.8 cm³/mol. The fourth-order valence-electron chi connectivity index (χ4n) is 3.13. The number of thiazole rings is 1. The number of rotatable bonds is 3. The van der Waals surface area contributed by atoms with Crippen molar-refractivity contribution in [3.05, 3.63) is 16.1 Å². The Morgan fingerprint density at radius 3 is 3.17 bits per heavy atom. The molecule has 0 bridgehead atoms. The molecule has 1 aliphatic heterocycles. The van der Waals surface area contributed by atoms with Crippen molar-refractivity contribution in [2.75, 3.05) is 20.3 Å². The first-order valence-corrected chi connectivity index (χ1v) is 7.45. The van der Waals surface area contributed by atoms with E-state index in [9.17, 15) is 0 Å². The topological polar surface area (TPSA) is 34.6 Å². The first-order valence-electron chi connectivity index (χ1n) is 6.57. The highest BCUT2D eigenvalue weighted by atomic mass is 32.1. The van der Waals surface area contributed by atoms with Gasteiger partial charge in [-0.1, -0.05) is 0 Å². The Hall–Kier alpha value is -0.490. The first-order chi connectivity index (χ1) is 8.78. The molecule has 0 unspecified atom stereocenters. The van der Waals surface area contributed by atoms with Crippen LogP contribution in [-0.2, 0) is 16.0 Å². The van der Waals surface area contributed by atoms with E-state index in [-0.39, 0.29) is 12.2 Å². The maximum absolute atomic E-state index is 5.89. The largest absolute Gasteiger partial charge is 0.379 e. The van der Waals surface area contributed by atoms with E-state index >= 15 is 0 Å². The number of ether oxygens (including phenoxy) is 2. The molecule has 100 valence electrons. The zero-order valence-corrected chi connectivity index (χ0v) is 11.8. The summed E-state index contributed by atoms with van der Waals surface area (Å²) in [7, 11) is 1.79. The lowest BCUT2D eigenvalue weighted by Crippen LogP contribution is -2.51. The summed E-state index contributed by atoms with van der Waals surface area (Å²) in [6.45, 7) is 4.83. The van der Waals surface area contributed by atoms with E-state index in [4.69, 9.17) is 9.47 Å². The number of methoxy groups -OCH3 is 1. The van der Waals surface area contributed by atoms with Crippen molar-refractivity contribution in [3.8, 4) is 0 Å². The van der Waals surface area contributed by atoms with E-state index in [0.717, 1.165) is 31.1 Å². The van der Waals surface area contributed by atoms with Crippen LogP contribution in [0.3, 0.4) is 0 Å². The zero-order valence-electron chi connectivity index (χ0n) is 11.0. The van der Waals surface area contributed by atoms with Crippen LogP contribution in [0.1, 0.15) is 23.5 Å². The third-order valence-electron chi connectivity index (χ3n) is 3.98. The molecular weight excluding hydrogens is 248 g/mol. The standard InChI is InChI=1S/C13H20N2O2S/c1-9-14-10(8-18-9)7-15-5-6-17-13-11(15)3-4-12(13)16-2/h8,11-13H,3-7H2,1-2H3/t11-,12+,13+/m0/s1. The highest BCUT2D eigenvalue weighted by Gasteiger charge is 2.42. The van der Waals surface area contributed by atoms with Crippen LogP contribution in [0.15, 0.2) is 5.38 Å². The Morgan fingerprint density at radius 2 is 2.44 bits per heavy atom. The van der Waals surface area contributed by atoms with Crippen molar-refractivity contribution in [1.82, 2.24) is 9.88 Å². The molecule has 5 heteroatoms. The summed E-state index contributed by atoms with van der Waals surface area (Å²) in [5.74, 6) is 0. The van der Waals surface area contributed by atoms with Gasteiger partial charge in [0, 0.05) is 31.6 Å². The van der Waals surface area contributed by atoms with Crippen LogP contribution >= 0.6 is 11.3 Å². The fraction of sp³-hybridized carbons (Fsp3) is 0.769. The molecule has 4 nitrogen and oxygen atoms in total. The zero-order chi connectivity index (χ0) is 12.5. The number of nitrogens with zero attached hydrogens (tertiary/aromatic N) is 2. The molecule has 0 amide bonds. The number of hydrogen-bond acceptors (Lipinski definition) is 5. The third kappa shape index (κ3) is 2.32. The van der Waals surface area contributed by atoms with Crippen molar-refractivity contribution in [2.45, 2.75) is 44.6 Å². The Labute approximate surface area is 112 Å². The minimum atomic E-state index is 0.253. The van der Waals surface area contributed by atoms with E-state index in [1.54, 1.807) is 18.4 Å². The highest BCUT2D eigenvalue weighted by Crippen LogP contribution is 2.32. The molecule has 0 radical (unpaired) electrons. The molecule has 1 aromatic heterocycles. The summed E-state index contributed by atoms with van der Waals surface area (Å²) in [5, 5.41) is 3.32. The van der Waals surface area contributed by atoms with Gasteiger partial charge in [-0.25, -0.2) is 4.98 Å². The van der Waals surface area contributed by atoms with Crippen molar-refractivity contribution in [3.63, 3.8) is 0 Å². The van der Waals surface area contributed by atoms with Crippen LogP contribution in [0.5, 0.6) is 0 Å². The van der Waals surface area contributed by atoms with E-state index in [1.165, 1.54) is 12.1 Å². The molecule has 1 saturated heterocycles. The SMILES string of the molecule is CO[C@@H]1CC[C@H]2[C@H]1OCCN2Cc1csc(C)n1. The summed E-state index contributed by atoms with van der Waals surface area (Å²) in [4.78, 5) is 7.08. The van der Waals surface area contributed by atoms with Crippen LogP contribution in [0.4, 0.5) is 0 Å². The number of fused-ring (bicyclic) bond motifs is 1. The van der Waals surface area contributed by atoms with Gasteiger partial charge in [-0.15, -0.1) is 11.3 Å². The fourth-order valence-corrected chi connectivity index (χ4v) is 3.73. The minimum absolute atomic E-state index is 0.253. The van der Waals surface area contributed by atoms with Crippen LogP contribution in [-0.4, -0.2) is 48.4 Å². The molecule has 1 aromatic rings. The second-order valence-corrected chi connectivity index (χ2v) is 6.14. The summed E-state index contributed by atoms with van der Waals surface area (Å²) in [5.41, 5.74) is 1.19. The van der Waals surface area contributed by atoms with Gasteiger partial charge in [0.2, 0.25) is 0 Å². The van der Waals surface area contributed by atoms with Gasteiger partial charge in [0.25, 0.3) is 0 Å². The maximum atomic E-state index is 5.89. The van der Waals surface area contributed by atoms with E-state index in [0.29, 0.717) is 6.04 Å². The molecule has 1 aliphatic carbocycles. The number of aromatic nitrogens is 1. The lowest BCUT2D eigenvalue weighted by molar-refractivity contribution is -0.106. The number of morpholine rings is 1. The average Bonchev–Trinajstić information content (AvgIpc) is 2.96. The van der Waals surface area contributed by atoms with Gasteiger partial charge in [-0.2, -0.15) is 0 Å². The predicted octanol–water partition coefficient (Wildman–Crippen LogP) is 1.83. The van der Waals surface area contributed by atoms with Gasteiger partial charge in [-0.05, 0) is 19.8 Å². The Bertz CT molecular complexity index is 409. The lowest BCUT2D eigenvalue weighted by Gasteiger charge is -2.38. The Morgan fingerprint density at radius 1 is 1.56 bits per heavy atom. The second-order valence-electron chi connectivity index (χ2n) is 5.08. The normalized spacial score (nSPS) is 32.7. The molecular formula is C13H20N2O2S. The summed E-state index contributed by atoms with van der Waals surface area (Å²) in [6, 6.07) is 0.505. The van der Waals surface area contributed by atoms with E-state index in [2.05, 4.69) is 22.2 Å². The van der Waals surface area contributed by atoms with E-state index in [1.807, 2.05) is 0 Å². The number of aryl methyl sites for hydroxylation is 1. The van der Waals surface area contributed by atoms with Crippen molar-refractivity contribution >= 4 is 11.3 Å². The van der Waals surface area contributed by atoms with Crippen LogP contribution in [0.25, 0.3) is 0 Å². The van der Waals surface area contributed by atoms with Gasteiger partial charge in [0.1, 0.15) is 0 Å². The summed E-state index contributed by atoms with van der Waals surface area (Å²) in [6.07, 6.45) is 2.81.